The largest absolute Gasteiger partial charge is 0.488 e. The molecule has 0 aromatic heterocycles. The molecule has 2 heteroatoms. The van der Waals surface area contributed by atoms with E-state index in [1.807, 2.05) is 0 Å². The lowest BCUT2D eigenvalue weighted by molar-refractivity contribution is 0.302. The first-order chi connectivity index (χ1) is 9.24. The molecule has 0 aliphatic carbocycles. The summed E-state index contributed by atoms with van der Waals surface area (Å²) in [7, 11) is 0. The van der Waals surface area contributed by atoms with E-state index in [0.29, 0.717) is 6.61 Å². The molecule has 0 unspecified atom stereocenters. The fourth-order valence-corrected chi connectivity index (χ4v) is 2.49. The molecule has 0 aliphatic rings. The van der Waals surface area contributed by atoms with Crippen molar-refractivity contribution in [2.24, 2.45) is 0 Å². The van der Waals surface area contributed by atoms with Crippen LogP contribution in [0.5, 0.6) is 5.75 Å². The second-order valence-electron chi connectivity index (χ2n) is 4.66. The number of alkyl halides is 1. The van der Waals surface area contributed by atoms with Gasteiger partial charge in [-0.05, 0) is 30.0 Å². The van der Waals surface area contributed by atoms with Gasteiger partial charge in [0.05, 0.1) is 0 Å². The summed E-state index contributed by atoms with van der Waals surface area (Å²) < 4.78 is 5.99. The maximum Gasteiger partial charge on any atom is 0.126 e. The van der Waals surface area contributed by atoms with Gasteiger partial charge in [-0.3, -0.25) is 0 Å². The highest BCUT2D eigenvalue weighted by molar-refractivity contribution is 9.08. The van der Waals surface area contributed by atoms with Gasteiger partial charge in [0.2, 0.25) is 0 Å². The van der Waals surface area contributed by atoms with Crippen molar-refractivity contribution < 1.29 is 4.74 Å². The van der Waals surface area contributed by atoms with E-state index in [9.17, 15) is 0 Å². The van der Waals surface area contributed by atoms with Crippen molar-refractivity contribution in [3.8, 4) is 5.75 Å². The quantitative estimate of drug-likeness (QED) is 0.702. The van der Waals surface area contributed by atoms with Gasteiger partial charge in [0.25, 0.3) is 0 Å². The minimum Gasteiger partial charge on any atom is -0.488 e. The van der Waals surface area contributed by atoms with Gasteiger partial charge in [-0.1, -0.05) is 65.3 Å². The molecule has 0 saturated heterocycles. The molecule has 0 saturated carbocycles. The van der Waals surface area contributed by atoms with Crippen LogP contribution in [0.4, 0.5) is 0 Å². The summed E-state index contributed by atoms with van der Waals surface area (Å²) in [6.45, 7) is 4.87. The van der Waals surface area contributed by atoms with Crippen LogP contribution in [-0.2, 0) is 18.4 Å². The molecule has 2 aromatic carbocycles. The molecule has 2 aromatic rings. The number of aryl methyl sites for hydroxylation is 2. The highest BCUT2D eigenvalue weighted by atomic mass is 79.9. The molecular weight excluding hydrogens is 300 g/mol. The Morgan fingerprint density at radius 1 is 1.00 bits per heavy atom. The van der Waals surface area contributed by atoms with Crippen LogP contribution in [0.25, 0.3) is 0 Å². The Balaban J connectivity index is 2.09. The van der Waals surface area contributed by atoms with E-state index in [0.717, 1.165) is 17.5 Å². The van der Waals surface area contributed by atoms with E-state index >= 15 is 0 Å². The Morgan fingerprint density at radius 3 is 2.32 bits per heavy atom. The smallest absolute Gasteiger partial charge is 0.126 e. The number of rotatable bonds is 5. The normalized spacial score (nSPS) is 10.5. The standard InChI is InChI=1S/C17H19BrO/c1-3-14-7-9-15(10-8-14)12-19-17-13(2)5-4-6-16(17)11-18/h4-10H,3,11-12H2,1-2H3. The molecule has 0 spiro atoms. The molecule has 19 heavy (non-hydrogen) atoms. The summed E-state index contributed by atoms with van der Waals surface area (Å²) in [4.78, 5) is 0. The minimum absolute atomic E-state index is 0.620. The van der Waals surface area contributed by atoms with Crippen molar-refractivity contribution in [1.29, 1.82) is 0 Å². The van der Waals surface area contributed by atoms with Crippen LogP contribution in [0.2, 0.25) is 0 Å². The van der Waals surface area contributed by atoms with E-state index in [1.165, 1.54) is 22.3 Å². The van der Waals surface area contributed by atoms with Crippen LogP contribution in [0.1, 0.15) is 29.2 Å². The lowest BCUT2D eigenvalue weighted by atomic mass is 10.1. The van der Waals surface area contributed by atoms with E-state index in [2.05, 4.69) is 72.2 Å². The highest BCUT2D eigenvalue weighted by Gasteiger charge is 2.06. The van der Waals surface area contributed by atoms with Gasteiger partial charge >= 0.3 is 0 Å². The summed E-state index contributed by atoms with van der Waals surface area (Å²) in [5, 5.41) is 0.818. The van der Waals surface area contributed by atoms with Gasteiger partial charge in [-0.15, -0.1) is 0 Å². The van der Waals surface area contributed by atoms with E-state index < -0.39 is 0 Å². The zero-order valence-electron chi connectivity index (χ0n) is 11.4. The number of benzene rings is 2. The second-order valence-corrected chi connectivity index (χ2v) is 5.22. The molecule has 100 valence electrons. The van der Waals surface area contributed by atoms with Crippen LogP contribution in [0.15, 0.2) is 42.5 Å². The summed E-state index contributed by atoms with van der Waals surface area (Å²) in [6.07, 6.45) is 1.08. The van der Waals surface area contributed by atoms with Crippen LogP contribution in [0, 0.1) is 6.92 Å². The van der Waals surface area contributed by atoms with Gasteiger partial charge < -0.3 is 4.74 Å². The van der Waals surface area contributed by atoms with E-state index in [-0.39, 0.29) is 0 Å². The van der Waals surface area contributed by atoms with Crippen molar-refractivity contribution in [3.63, 3.8) is 0 Å². The van der Waals surface area contributed by atoms with Crippen LogP contribution in [0.3, 0.4) is 0 Å². The average molecular weight is 319 g/mol. The highest BCUT2D eigenvalue weighted by Crippen LogP contribution is 2.26. The lowest BCUT2D eigenvalue weighted by Crippen LogP contribution is -2.00. The summed E-state index contributed by atoms with van der Waals surface area (Å²) in [6, 6.07) is 14.9. The van der Waals surface area contributed by atoms with Crippen molar-refractivity contribution in [1.82, 2.24) is 0 Å². The number of para-hydroxylation sites is 1. The molecule has 0 radical (unpaired) electrons. The molecule has 0 fully saturated rings. The number of hydrogen-bond acceptors (Lipinski definition) is 1. The van der Waals surface area contributed by atoms with Crippen molar-refractivity contribution in [2.45, 2.75) is 32.2 Å². The molecule has 0 bridgehead atoms. The SMILES string of the molecule is CCc1ccc(COc2c(C)cccc2CBr)cc1. The van der Waals surface area contributed by atoms with Crippen molar-refractivity contribution in [2.75, 3.05) is 0 Å². The molecule has 0 aliphatic heterocycles. The van der Waals surface area contributed by atoms with Crippen molar-refractivity contribution >= 4 is 15.9 Å². The third kappa shape index (κ3) is 3.60. The topological polar surface area (TPSA) is 9.23 Å². The minimum atomic E-state index is 0.620. The Kier molecular flexibility index (Phi) is 5.03. The number of hydrogen-bond donors (Lipinski definition) is 0. The first kappa shape index (κ1) is 14.1. The molecule has 0 N–H and O–H groups in total. The Morgan fingerprint density at radius 2 is 1.68 bits per heavy atom. The van der Waals surface area contributed by atoms with Crippen LogP contribution >= 0.6 is 15.9 Å². The zero-order chi connectivity index (χ0) is 13.7. The van der Waals surface area contributed by atoms with Crippen LogP contribution in [-0.4, -0.2) is 0 Å². The predicted molar refractivity (Wildman–Crippen MR) is 84.0 cm³/mol. The summed E-state index contributed by atoms with van der Waals surface area (Å²) in [5.41, 5.74) is 4.95. The van der Waals surface area contributed by atoms with Gasteiger partial charge in [0, 0.05) is 10.9 Å². The third-order valence-electron chi connectivity index (χ3n) is 3.25. The third-order valence-corrected chi connectivity index (χ3v) is 3.86. The van der Waals surface area contributed by atoms with E-state index in [1.54, 1.807) is 0 Å². The van der Waals surface area contributed by atoms with Crippen molar-refractivity contribution in [3.05, 3.63) is 64.7 Å². The van der Waals surface area contributed by atoms with Gasteiger partial charge in [-0.2, -0.15) is 0 Å². The second kappa shape index (κ2) is 6.76. The average Bonchev–Trinajstić information content (AvgIpc) is 2.46. The van der Waals surface area contributed by atoms with Gasteiger partial charge in [0.15, 0.2) is 0 Å². The molecule has 1 nitrogen and oxygen atoms in total. The lowest BCUT2D eigenvalue weighted by Gasteiger charge is -2.13. The molecule has 0 atom stereocenters. The molecular formula is C17H19BrO. The number of ether oxygens (including phenoxy) is 1. The predicted octanol–water partition coefficient (Wildman–Crippen LogP) is 5.03. The number of halogens is 1. The fraction of sp³-hybridized carbons (Fsp3) is 0.294. The maximum absolute atomic E-state index is 5.99. The molecule has 0 heterocycles. The van der Waals surface area contributed by atoms with E-state index in [4.69, 9.17) is 4.74 Å². The maximum atomic E-state index is 5.99. The molecule has 2 rings (SSSR count). The monoisotopic (exact) mass is 318 g/mol. The first-order valence-electron chi connectivity index (χ1n) is 6.59. The van der Waals surface area contributed by atoms with Crippen LogP contribution < -0.4 is 4.74 Å². The summed E-state index contributed by atoms with van der Waals surface area (Å²) in [5.74, 6) is 0.999. The summed E-state index contributed by atoms with van der Waals surface area (Å²) >= 11 is 3.51. The first-order valence-corrected chi connectivity index (χ1v) is 7.71. The fourth-order valence-electron chi connectivity index (χ4n) is 2.05. The Hall–Kier alpha value is -1.28. The zero-order valence-corrected chi connectivity index (χ0v) is 13.0. The van der Waals surface area contributed by atoms with Gasteiger partial charge in [0.1, 0.15) is 12.4 Å². The Bertz CT molecular complexity index is 531. The molecule has 0 amide bonds. The van der Waals surface area contributed by atoms with Gasteiger partial charge in [-0.25, -0.2) is 0 Å². The Labute approximate surface area is 123 Å².